The molecule has 2 rings (SSSR count). The number of nitrogens with one attached hydrogen (secondary N) is 1. The lowest BCUT2D eigenvalue weighted by molar-refractivity contribution is 0.576. The van der Waals surface area contributed by atoms with Crippen molar-refractivity contribution in [1.29, 1.82) is 0 Å². The van der Waals surface area contributed by atoms with Crippen LogP contribution in [-0.4, -0.2) is 27.8 Å². The average Bonchev–Trinajstić information content (AvgIpc) is 2.64. The van der Waals surface area contributed by atoms with Crippen molar-refractivity contribution >= 4 is 0 Å². The molecule has 14 heavy (non-hydrogen) atoms. The Morgan fingerprint density at radius 1 is 1.29 bits per heavy atom. The minimum Gasteiger partial charge on any atom is -0.314 e. The molecule has 0 bridgehead atoms. The molecule has 0 saturated carbocycles. The topological polar surface area (TPSA) is 50.7 Å². The van der Waals surface area contributed by atoms with Crippen LogP contribution < -0.4 is 5.32 Å². The second kappa shape index (κ2) is 4.00. The van der Waals surface area contributed by atoms with E-state index in [9.17, 15) is 0 Å². The van der Waals surface area contributed by atoms with Crippen LogP contribution in [0.5, 0.6) is 0 Å². The van der Waals surface area contributed by atoms with Crippen molar-refractivity contribution in [3.8, 4) is 0 Å². The zero-order valence-corrected chi connectivity index (χ0v) is 8.75. The van der Waals surface area contributed by atoms with Crippen LogP contribution in [0.3, 0.4) is 0 Å². The summed E-state index contributed by atoms with van der Waals surface area (Å²) in [4.78, 5) is 4.42. The van der Waals surface area contributed by atoms with Crippen molar-refractivity contribution in [2.45, 2.75) is 39.2 Å². The van der Waals surface area contributed by atoms with Gasteiger partial charge < -0.3 is 5.32 Å². The molecule has 1 saturated heterocycles. The van der Waals surface area contributed by atoms with Crippen LogP contribution in [-0.2, 0) is 6.42 Å². The Kier molecular flexibility index (Phi) is 2.72. The van der Waals surface area contributed by atoms with E-state index >= 15 is 0 Å². The molecular weight excluding hydrogens is 176 g/mol. The fraction of sp³-hybridized carbons (Fsp3) is 0.700. The molecule has 0 spiro atoms. The van der Waals surface area contributed by atoms with Gasteiger partial charge in [-0.2, -0.15) is 5.10 Å². The number of nitrogens with zero attached hydrogens (tertiary/aromatic N) is 3. The molecule has 1 unspecified atom stereocenters. The molecule has 0 amide bonds. The summed E-state index contributed by atoms with van der Waals surface area (Å²) < 4.78 is 0. The number of hydrogen-bond donors (Lipinski definition) is 1. The molecule has 76 valence electrons. The summed E-state index contributed by atoms with van der Waals surface area (Å²) in [5, 5.41) is 11.6. The smallest absolute Gasteiger partial charge is 0.152 e. The highest BCUT2D eigenvalue weighted by Crippen LogP contribution is 2.09. The normalized spacial score (nSPS) is 21.4. The standard InChI is InChI=1S/C10H16N4/c1-7-8(2)13-14-10(12-7)6-9-4-3-5-11-9/h9,11H,3-6H2,1-2H3. The highest BCUT2D eigenvalue weighted by molar-refractivity contribution is 5.06. The lowest BCUT2D eigenvalue weighted by atomic mass is 10.1. The van der Waals surface area contributed by atoms with Gasteiger partial charge in [0, 0.05) is 12.5 Å². The Morgan fingerprint density at radius 3 is 2.79 bits per heavy atom. The van der Waals surface area contributed by atoms with Crippen LogP contribution in [0.25, 0.3) is 0 Å². The molecule has 1 aromatic rings. The van der Waals surface area contributed by atoms with E-state index in [1.54, 1.807) is 0 Å². The molecule has 1 fully saturated rings. The third-order valence-corrected chi connectivity index (χ3v) is 2.73. The first-order chi connectivity index (χ1) is 6.75. The molecule has 1 aromatic heterocycles. The van der Waals surface area contributed by atoms with Gasteiger partial charge >= 0.3 is 0 Å². The zero-order valence-electron chi connectivity index (χ0n) is 8.75. The zero-order chi connectivity index (χ0) is 9.97. The summed E-state index contributed by atoms with van der Waals surface area (Å²) in [6, 6.07) is 0.555. The van der Waals surface area contributed by atoms with Crippen LogP contribution in [0.15, 0.2) is 0 Å². The van der Waals surface area contributed by atoms with Crippen LogP contribution in [0.2, 0.25) is 0 Å². The molecule has 0 aliphatic carbocycles. The van der Waals surface area contributed by atoms with E-state index in [1.165, 1.54) is 12.8 Å². The highest BCUT2D eigenvalue weighted by atomic mass is 15.2. The molecule has 2 heterocycles. The Labute approximate surface area is 84.2 Å². The molecule has 1 aliphatic rings. The van der Waals surface area contributed by atoms with Crippen molar-refractivity contribution in [2.24, 2.45) is 0 Å². The van der Waals surface area contributed by atoms with Gasteiger partial charge in [-0.3, -0.25) is 0 Å². The Balaban J connectivity index is 2.05. The first-order valence-corrected chi connectivity index (χ1v) is 5.16. The maximum absolute atomic E-state index is 4.42. The van der Waals surface area contributed by atoms with Crippen molar-refractivity contribution in [3.05, 3.63) is 17.2 Å². The summed E-state index contributed by atoms with van der Waals surface area (Å²) >= 11 is 0. The third-order valence-electron chi connectivity index (χ3n) is 2.73. The van der Waals surface area contributed by atoms with E-state index in [4.69, 9.17) is 0 Å². The van der Waals surface area contributed by atoms with Gasteiger partial charge in [0.2, 0.25) is 0 Å². The van der Waals surface area contributed by atoms with E-state index in [2.05, 4.69) is 20.5 Å². The monoisotopic (exact) mass is 192 g/mol. The summed E-state index contributed by atoms with van der Waals surface area (Å²) in [5.74, 6) is 0.868. The lowest BCUT2D eigenvalue weighted by Crippen LogP contribution is -2.25. The van der Waals surface area contributed by atoms with Gasteiger partial charge in [-0.25, -0.2) is 4.98 Å². The van der Waals surface area contributed by atoms with E-state index in [-0.39, 0.29) is 0 Å². The van der Waals surface area contributed by atoms with Gasteiger partial charge in [0.1, 0.15) is 0 Å². The quantitative estimate of drug-likeness (QED) is 0.752. The lowest BCUT2D eigenvalue weighted by Gasteiger charge is -2.08. The van der Waals surface area contributed by atoms with Crippen LogP contribution in [0.4, 0.5) is 0 Å². The second-order valence-electron chi connectivity index (χ2n) is 3.90. The van der Waals surface area contributed by atoms with Crippen molar-refractivity contribution in [1.82, 2.24) is 20.5 Å². The Morgan fingerprint density at radius 2 is 2.14 bits per heavy atom. The van der Waals surface area contributed by atoms with E-state index < -0.39 is 0 Å². The van der Waals surface area contributed by atoms with Crippen LogP contribution in [0.1, 0.15) is 30.1 Å². The van der Waals surface area contributed by atoms with Gasteiger partial charge in [-0.15, -0.1) is 5.10 Å². The molecule has 1 atom stereocenters. The molecule has 1 aliphatic heterocycles. The first kappa shape index (κ1) is 9.52. The minimum atomic E-state index is 0.555. The number of rotatable bonds is 2. The summed E-state index contributed by atoms with van der Waals surface area (Å²) in [6.07, 6.45) is 3.41. The molecule has 1 N–H and O–H groups in total. The highest BCUT2D eigenvalue weighted by Gasteiger charge is 2.16. The molecule has 0 aromatic carbocycles. The maximum Gasteiger partial charge on any atom is 0.152 e. The van der Waals surface area contributed by atoms with Gasteiger partial charge in [-0.1, -0.05) is 0 Å². The number of aromatic nitrogens is 3. The van der Waals surface area contributed by atoms with Gasteiger partial charge in [0.15, 0.2) is 5.82 Å². The van der Waals surface area contributed by atoms with Gasteiger partial charge in [0.05, 0.1) is 11.4 Å². The van der Waals surface area contributed by atoms with E-state index in [0.717, 1.165) is 30.2 Å². The number of hydrogen-bond acceptors (Lipinski definition) is 4. The fourth-order valence-electron chi connectivity index (χ4n) is 1.74. The molecule has 0 radical (unpaired) electrons. The SMILES string of the molecule is Cc1nnc(CC2CCCN2)nc1C. The second-order valence-corrected chi connectivity index (χ2v) is 3.90. The predicted octanol–water partition coefficient (Wildman–Crippen LogP) is 0.783. The van der Waals surface area contributed by atoms with Crippen LogP contribution >= 0.6 is 0 Å². The Hall–Kier alpha value is -1.03. The van der Waals surface area contributed by atoms with E-state index in [0.29, 0.717) is 6.04 Å². The summed E-state index contributed by atoms with van der Waals surface area (Å²) in [7, 11) is 0. The third kappa shape index (κ3) is 2.07. The average molecular weight is 192 g/mol. The summed E-state index contributed by atoms with van der Waals surface area (Å²) in [6.45, 7) is 5.05. The first-order valence-electron chi connectivity index (χ1n) is 5.16. The largest absolute Gasteiger partial charge is 0.314 e. The van der Waals surface area contributed by atoms with Crippen molar-refractivity contribution < 1.29 is 0 Å². The van der Waals surface area contributed by atoms with Gasteiger partial charge in [-0.05, 0) is 33.2 Å². The molecule has 4 heteroatoms. The maximum atomic E-state index is 4.42. The van der Waals surface area contributed by atoms with E-state index in [1.807, 2.05) is 13.8 Å². The minimum absolute atomic E-state index is 0.555. The van der Waals surface area contributed by atoms with Crippen molar-refractivity contribution in [3.63, 3.8) is 0 Å². The molecule has 4 nitrogen and oxygen atoms in total. The van der Waals surface area contributed by atoms with Crippen LogP contribution in [0, 0.1) is 13.8 Å². The summed E-state index contributed by atoms with van der Waals surface area (Å²) in [5.41, 5.74) is 1.92. The number of aryl methyl sites for hydroxylation is 2. The Bertz CT molecular complexity index is 318. The van der Waals surface area contributed by atoms with Gasteiger partial charge in [0.25, 0.3) is 0 Å². The fourth-order valence-corrected chi connectivity index (χ4v) is 1.74. The van der Waals surface area contributed by atoms with Crippen molar-refractivity contribution in [2.75, 3.05) is 6.54 Å². The molecular formula is C10H16N4. The predicted molar refractivity (Wildman–Crippen MR) is 54.0 cm³/mol.